The highest BCUT2D eigenvalue weighted by Crippen LogP contribution is 2.34. The predicted molar refractivity (Wildman–Crippen MR) is 111 cm³/mol. The highest BCUT2D eigenvalue weighted by molar-refractivity contribution is 9.10. The Morgan fingerprint density at radius 1 is 1.23 bits per heavy atom. The normalized spacial score (nSPS) is 16.4. The average Bonchev–Trinajstić information content (AvgIpc) is 3.52. The lowest BCUT2D eigenvalue weighted by molar-refractivity contribution is -0.385. The van der Waals surface area contributed by atoms with Crippen molar-refractivity contribution < 1.29 is 19.3 Å². The number of carbonyl (C=O) groups is 3. The number of fused-ring (bicyclic) bond motifs is 1. The van der Waals surface area contributed by atoms with Crippen molar-refractivity contribution in [2.24, 2.45) is 0 Å². The molecule has 1 heterocycles. The van der Waals surface area contributed by atoms with Gasteiger partial charge in [0.15, 0.2) is 0 Å². The first kappa shape index (κ1) is 20.2. The van der Waals surface area contributed by atoms with Crippen LogP contribution in [0.1, 0.15) is 46.0 Å². The third kappa shape index (κ3) is 3.49. The van der Waals surface area contributed by atoms with Crippen molar-refractivity contribution in [3.8, 4) is 0 Å². The number of halogens is 1. The molecule has 1 aliphatic heterocycles. The van der Waals surface area contributed by atoms with Gasteiger partial charge in [0.2, 0.25) is 5.91 Å². The summed E-state index contributed by atoms with van der Waals surface area (Å²) in [5, 5.41) is 11.3. The molecule has 1 atom stereocenters. The Kier molecular flexibility index (Phi) is 5.15. The molecule has 1 saturated carbocycles. The van der Waals surface area contributed by atoms with Crippen molar-refractivity contribution in [1.82, 2.24) is 9.80 Å². The number of hydrogen-bond donors (Lipinski definition) is 0. The van der Waals surface area contributed by atoms with Gasteiger partial charge in [0.1, 0.15) is 11.6 Å². The number of hydrogen-bond acceptors (Lipinski definition) is 5. The lowest BCUT2D eigenvalue weighted by Crippen LogP contribution is -2.49. The van der Waals surface area contributed by atoms with Gasteiger partial charge in [-0.25, -0.2) is 0 Å². The monoisotopic (exact) mass is 471 g/mol. The van der Waals surface area contributed by atoms with Gasteiger partial charge in [0.05, 0.1) is 10.5 Å². The zero-order valence-corrected chi connectivity index (χ0v) is 17.7. The molecule has 8 nitrogen and oxygen atoms in total. The van der Waals surface area contributed by atoms with E-state index < -0.39 is 28.5 Å². The number of nitro benzene ring substituents is 1. The van der Waals surface area contributed by atoms with Crippen LogP contribution < -0.4 is 0 Å². The first-order valence-corrected chi connectivity index (χ1v) is 10.3. The van der Waals surface area contributed by atoms with Crippen LogP contribution in [-0.4, -0.2) is 44.5 Å². The SMILES string of the molecule is CC(C(=O)N(Cc1cccc(Br)c1)C1CC1)N1C(=O)c2cccc([N+](=O)[O-])c2C1=O. The topological polar surface area (TPSA) is 101 Å². The molecule has 4 rings (SSSR count). The van der Waals surface area contributed by atoms with Crippen LogP contribution in [0, 0.1) is 10.1 Å². The van der Waals surface area contributed by atoms with E-state index in [0.717, 1.165) is 27.8 Å². The summed E-state index contributed by atoms with van der Waals surface area (Å²) in [5.41, 5.74) is 0.201. The van der Waals surface area contributed by atoms with Crippen molar-refractivity contribution in [3.05, 3.63) is 73.7 Å². The quantitative estimate of drug-likeness (QED) is 0.364. The lowest BCUT2D eigenvalue weighted by Gasteiger charge is -2.29. The van der Waals surface area contributed by atoms with Crippen molar-refractivity contribution in [1.29, 1.82) is 0 Å². The smallest absolute Gasteiger partial charge is 0.282 e. The molecule has 2 aromatic carbocycles. The molecule has 0 spiro atoms. The van der Waals surface area contributed by atoms with Crippen LogP contribution in [0.3, 0.4) is 0 Å². The number of carbonyl (C=O) groups excluding carboxylic acids is 3. The minimum Gasteiger partial charge on any atom is -0.334 e. The Labute approximate surface area is 180 Å². The number of nitrogens with zero attached hydrogens (tertiary/aromatic N) is 3. The Morgan fingerprint density at radius 2 is 1.93 bits per heavy atom. The first-order valence-electron chi connectivity index (χ1n) is 9.50. The lowest BCUT2D eigenvalue weighted by atomic mass is 10.1. The molecule has 0 aromatic heterocycles. The maximum absolute atomic E-state index is 13.3. The van der Waals surface area contributed by atoms with Gasteiger partial charge < -0.3 is 4.90 Å². The van der Waals surface area contributed by atoms with E-state index in [1.54, 1.807) is 4.90 Å². The third-order valence-electron chi connectivity index (χ3n) is 5.38. The highest BCUT2D eigenvalue weighted by Gasteiger charge is 2.46. The Bertz CT molecular complexity index is 1080. The number of amides is 3. The molecular weight excluding hydrogens is 454 g/mol. The van der Waals surface area contributed by atoms with Gasteiger partial charge in [-0.1, -0.05) is 34.1 Å². The van der Waals surface area contributed by atoms with Gasteiger partial charge in [-0.2, -0.15) is 0 Å². The van der Waals surface area contributed by atoms with Gasteiger partial charge >= 0.3 is 0 Å². The largest absolute Gasteiger partial charge is 0.334 e. The summed E-state index contributed by atoms with van der Waals surface area (Å²) >= 11 is 3.42. The average molecular weight is 472 g/mol. The molecule has 1 unspecified atom stereocenters. The molecule has 0 bridgehead atoms. The van der Waals surface area contributed by atoms with E-state index in [1.807, 2.05) is 24.3 Å². The highest BCUT2D eigenvalue weighted by atomic mass is 79.9. The molecule has 0 radical (unpaired) electrons. The Morgan fingerprint density at radius 3 is 2.57 bits per heavy atom. The van der Waals surface area contributed by atoms with Crippen LogP contribution >= 0.6 is 15.9 Å². The molecule has 0 N–H and O–H groups in total. The second-order valence-electron chi connectivity index (χ2n) is 7.44. The van der Waals surface area contributed by atoms with Gasteiger partial charge in [0.25, 0.3) is 17.5 Å². The van der Waals surface area contributed by atoms with Gasteiger partial charge in [-0.15, -0.1) is 0 Å². The number of nitro groups is 1. The first-order chi connectivity index (χ1) is 14.3. The fourth-order valence-electron chi connectivity index (χ4n) is 3.75. The van der Waals surface area contributed by atoms with Crippen molar-refractivity contribution >= 4 is 39.3 Å². The van der Waals surface area contributed by atoms with Crippen LogP contribution in [0.25, 0.3) is 0 Å². The molecule has 2 aromatic rings. The molecule has 2 aliphatic rings. The number of imide groups is 1. The van der Waals surface area contributed by atoms with Crippen molar-refractivity contribution in [2.45, 2.75) is 38.4 Å². The minimum atomic E-state index is -1.07. The maximum atomic E-state index is 13.3. The summed E-state index contributed by atoms with van der Waals surface area (Å²) < 4.78 is 0.893. The summed E-state index contributed by atoms with van der Waals surface area (Å²) in [6, 6.07) is 10.5. The van der Waals surface area contributed by atoms with Crippen LogP contribution in [0.15, 0.2) is 46.9 Å². The predicted octanol–water partition coefficient (Wildman–Crippen LogP) is 3.53. The summed E-state index contributed by atoms with van der Waals surface area (Å²) in [6.07, 6.45) is 1.72. The van der Waals surface area contributed by atoms with Gasteiger partial charge in [-0.05, 0) is 43.5 Å². The third-order valence-corrected chi connectivity index (χ3v) is 5.87. The van der Waals surface area contributed by atoms with Crippen LogP contribution in [0.2, 0.25) is 0 Å². The van der Waals surface area contributed by atoms with Crippen LogP contribution in [0.5, 0.6) is 0 Å². The maximum Gasteiger partial charge on any atom is 0.282 e. The van der Waals surface area contributed by atoms with Gasteiger partial charge in [0, 0.05) is 23.1 Å². The summed E-state index contributed by atoms with van der Waals surface area (Å²) in [6.45, 7) is 1.85. The molecule has 30 heavy (non-hydrogen) atoms. The zero-order valence-electron chi connectivity index (χ0n) is 16.1. The molecule has 3 amide bonds. The molecule has 1 aliphatic carbocycles. The Hall–Kier alpha value is -3.07. The fourth-order valence-corrected chi connectivity index (χ4v) is 4.19. The van der Waals surface area contributed by atoms with Crippen molar-refractivity contribution in [3.63, 3.8) is 0 Å². The van der Waals surface area contributed by atoms with E-state index in [1.165, 1.54) is 25.1 Å². The van der Waals surface area contributed by atoms with Crippen LogP contribution in [0.4, 0.5) is 5.69 Å². The van der Waals surface area contributed by atoms with Crippen molar-refractivity contribution in [2.75, 3.05) is 0 Å². The molecule has 154 valence electrons. The standard InChI is InChI=1S/C21H18BrN3O5/c1-12(19(26)23(15-8-9-15)11-13-4-2-5-14(22)10-13)24-20(27)16-6-3-7-17(25(29)30)18(16)21(24)28/h2-7,10,12,15H,8-9,11H2,1H3. The number of benzene rings is 2. The second-order valence-corrected chi connectivity index (χ2v) is 8.36. The van der Waals surface area contributed by atoms with E-state index >= 15 is 0 Å². The van der Waals surface area contributed by atoms with Gasteiger partial charge in [-0.3, -0.25) is 29.4 Å². The fraction of sp³-hybridized carbons (Fsp3) is 0.286. The zero-order chi connectivity index (χ0) is 21.6. The molecule has 9 heteroatoms. The molecular formula is C21H18BrN3O5. The summed E-state index contributed by atoms with van der Waals surface area (Å²) in [5.74, 6) is -1.84. The van der Waals surface area contributed by atoms with E-state index in [-0.39, 0.29) is 23.1 Å². The molecule has 1 fully saturated rings. The van der Waals surface area contributed by atoms with Crippen LogP contribution in [-0.2, 0) is 11.3 Å². The molecule has 0 saturated heterocycles. The minimum absolute atomic E-state index is 0.0428. The summed E-state index contributed by atoms with van der Waals surface area (Å²) in [4.78, 5) is 52.2. The second kappa shape index (κ2) is 7.64. The Balaban J connectivity index is 1.61. The number of rotatable bonds is 6. The van der Waals surface area contributed by atoms with E-state index in [2.05, 4.69) is 15.9 Å². The van der Waals surface area contributed by atoms with E-state index in [9.17, 15) is 24.5 Å². The summed E-state index contributed by atoms with van der Waals surface area (Å²) in [7, 11) is 0. The van der Waals surface area contributed by atoms with E-state index in [0.29, 0.717) is 6.54 Å². The van der Waals surface area contributed by atoms with E-state index in [4.69, 9.17) is 0 Å².